The fourth-order valence-electron chi connectivity index (χ4n) is 3.27. The van der Waals surface area contributed by atoms with Crippen LogP contribution < -0.4 is 4.90 Å². The van der Waals surface area contributed by atoms with Crippen LogP contribution >= 0.6 is 0 Å². The summed E-state index contributed by atoms with van der Waals surface area (Å²) in [5.74, 6) is 2.89. The highest BCUT2D eigenvalue weighted by molar-refractivity contribution is 5.88. The molecule has 0 aromatic carbocycles. The van der Waals surface area contributed by atoms with Crippen LogP contribution in [0.15, 0.2) is 31.0 Å². The van der Waals surface area contributed by atoms with Crippen molar-refractivity contribution in [1.82, 2.24) is 24.1 Å². The average Bonchev–Trinajstić information content (AvgIpc) is 3.09. The van der Waals surface area contributed by atoms with Gasteiger partial charge in [0.25, 0.3) is 0 Å². The first-order valence-electron chi connectivity index (χ1n) is 7.77. The number of aryl methyl sites for hydroxylation is 2. The molecule has 0 unspecified atom stereocenters. The van der Waals surface area contributed by atoms with Crippen LogP contribution in [0.5, 0.6) is 0 Å². The van der Waals surface area contributed by atoms with Crippen molar-refractivity contribution in [2.75, 3.05) is 18.0 Å². The Kier molecular flexibility index (Phi) is 3.10. The van der Waals surface area contributed by atoms with Crippen molar-refractivity contribution in [1.29, 1.82) is 0 Å². The molecule has 114 valence electrons. The summed E-state index contributed by atoms with van der Waals surface area (Å²) >= 11 is 0. The Labute approximate surface area is 129 Å². The molecule has 6 heteroatoms. The third-order valence-corrected chi connectivity index (χ3v) is 4.47. The van der Waals surface area contributed by atoms with E-state index in [-0.39, 0.29) is 0 Å². The molecular formula is C16H20N6. The van der Waals surface area contributed by atoms with Gasteiger partial charge in [-0.15, -0.1) is 0 Å². The van der Waals surface area contributed by atoms with Crippen molar-refractivity contribution < 1.29 is 0 Å². The molecule has 3 aromatic rings. The Morgan fingerprint density at radius 1 is 1.18 bits per heavy atom. The topological polar surface area (TPSA) is 51.8 Å². The van der Waals surface area contributed by atoms with Gasteiger partial charge >= 0.3 is 0 Å². The highest BCUT2D eigenvalue weighted by Crippen LogP contribution is 2.29. The lowest BCUT2D eigenvalue weighted by molar-refractivity contribution is 0.351. The molecule has 0 saturated carbocycles. The zero-order valence-corrected chi connectivity index (χ0v) is 13.0. The lowest BCUT2D eigenvalue weighted by atomic mass is 9.99. The normalized spacial score (nSPS) is 15.5. The summed E-state index contributed by atoms with van der Waals surface area (Å²) in [5, 5.41) is 1.14. The average molecular weight is 296 g/mol. The van der Waals surface area contributed by atoms with Gasteiger partial charge in [0, 0.05) is 57.6 Å². The Hall–Kier alpha value is -2.37. The molecule has 0 aliphatic carbocycles. The van der Waals surface area contributed by atoms with E-state index in [0.29, 0.717) is 5.92 Å². The smallest absolute Gasteiger partial charge is 0.145 e. The Bertz CT molecular complexity index is 796. The molecule has 0 N–H and O–H groups in total. The number of rotatable bonds is 4. The van der Waals surface area contributed by atoms with Crippen molar-refractivity contribution in [2.24, 2.45) is 13.0 Å². The van der Waals surface area contributed by atoms with Crippen molar-refractivity contribution in [3.05, 3.63) is 36.8 Å². The summed E-state index contributed by atoms with van der Waals surface area (Å²) in [5.41, 5.74) is 0.997. The Balaban J connectivity index is 1.48. The first-order valence-corrected chi connectivity index (χ1v) is 7.77. The van der Waals surface area contributed by atoms with Crippen molar-refractivity contribution in [3.63, 3.8) is 0 Å². The minimum Gasteiger partial charge on any atom is -0.355 e. The standard InChI is InChI=1S/C16H20N6/c1-3-14-17-5-7-21(14)8-12-9-22(10-12)16-13-4-6-20(2)15(13)18-11-19-16/h4-7,11-12H,3,8-10H2,1-2H3. The van der Waals surface area contributed by atoms with Crippen LogP contribution in [0.25, 0.3) is 11.0 Å². The quantitative estimate of drug-likeness (QED) is 0.737. The van der Waals surface area contributed by atoms with Gasteiger partial charge < -0.3 is 14.0 Å². The zero-order valence-electron chi connectivity index (χ0n) is 13.0. The Morgan fingerprint density at radius 3 is 2.86 bits per heavy atom. The molecule has 4 rings (SSSR count). The molecule has 0 bridgehead atoms. The SMILES string of the molecule is CCc1nccn1CC1CN(c2ncnc3c2ccn3C)C1. The van der Waals surface area contributed by atoms with Crippen LogP contribution in [0.1, 0.15) is 12.7 Å². The summed E-state index contributed by atoms with van der Waals surface area (Å²) in [7, 11) is 2.02. The van der Waals surface area contributed by atoms with Gasteiger partial charge in [-0.3, -0.25) is 0 Å². The maximum absolute atomic E-state index is 4.49. The van der Waals surface area contributed by atoms with Gasteiger partial charge in [-0.05, 0) is 6.07 Å². The number of fused-ring (bicyclic) bond motifs is 1. The van der Waals surface area contributed by atoms with Crippen LogP contribution in [0.4, 0.5) is 5.82 Å². The number of nitrogens with zero attached hydrogens (tertiary/aromatic N) is 6. The third kappa shape index (κ3) is 2.06. The van der Waals surface area contributed by atoms with Gasteiger partial charge in [-0.1, -0.05) is 6.92 Å². The van der Waals surface area contributed by atoms with Crippen LogP contribution in [-0.4, -0.2) is 37.2 Å². The Morgan fingerprint density at radius 2 is 2.05 bits per heavy atom. The highest BCUT2D eigenvalue weighted by Gasteiger charge is 2.29. The summed E-state index contributed by atoms with van der Waals surface area (Å²) in [6, 6.07) is 2.10. The molecule has 0 spiro atoms. The second kappa shape index (κ2) is 5.12. The second-order valence-corrected chi connectivity index (χ2v) is 5.98. The van der Waals surface area contributed by atoms with E-state index in [1.807, 2.05) is 24.0 Å². The first-order chi connectivity index (χ1) is 10.8. The molecule has 1 saturated heterocycles. The predicted octanol–water partition coefficient (Wildman–Crippen LogP) is 1.86. The maximum Gasteiger partial charge on any atom is 0.145 e. The molecule has 0 radical (unpaired) electrons. The van der Waals surface area contributed by atoms with Crippen LogP contribution in [0, 0.1) is 5.92 Å². The van der Waals surface area contributed by atoms with E-state index in [0.717, 1.165) is 42.9 Å². The van der Waals surface area contributed by atoms with Gasteiger partial charge in [0.15, 0.2) is 0 Å². The first kappa shape index (κ1) is 13.3. The zero-order chi connectivity index (χ0) is 15.1. The number of aromatic nitrogens is 5. The molecule has 1 aliphatic heterocycles. The largest absolute Gasteiger partial charge is 0.355 e. The lowest BCUT2D eigenvalue weighted by Crippen LogP contribution is -2.49. The molecule has 1 aliphatic rings. The van der Waals surface area contributed by atoms with E-state index in [9.17, 15) is 0 Å². The van der Waals surface area contributed by atoms with Crippen molar-refractivity contribution >= 4 is 16.9 Å². The predicted molar refractivity (Wildman–Crippen MR) is 85.8 cm³/mol. The van der Waals surface area contributed by atoms with E-state index in [1.165, 1.54) is 5.82 Å². The molecular weight excluding hydrogens is 276 g/mol. The number of hydrogen-bond acceptors (Lipinski definition) is 4. The lowest BCUT2D eigenvalue weighted by Gasteiger charge is -2.40. The molecule has 6 nitrogen and oxygen atoms in total. The summed E-state index contributed by atoms with van der Waals surface area (Å²) in [6.07, 6.45) is 8.67. The molecule has 4 heterocycles. The number of anilines is 1. The number of hydrogen-bond donors (Lipinski definition) is 0. The van der Waals surface area contributed by atoms with E-state index in [4.69, 9.17) is 0 Å². The molecule has 22 heavy (non-hydrogen) atoms. The molecule has 3 aromatic heterocycles. The minimum atomic E-state index is 0.660. The van der Waals surface area contributed by atoms with E-state index >= 15 is 0 Å². The van der Waals surface area contributed by atoms with Crippen molar-refractivity contribution in [2.45, 2.75) is 19.9 Å². The van der Waals surface area contributed by atoms with Crippen LogP contribution in [-0.2, 0) is 20.0 Å². The molecule has 1 fully saturated rings. The van der Waals surface area contributed by atoms with E-state index < -0.39 is 0 Å². The third-order valence-electron chi connectivity index (χ3n) is 4.47. The van der Waals surface area contributed by atoms with Gasteiger partial charge in [0.1, 0.15) is 23.6 Å². The van der Waals surface area contributed by atoms with Crippen LogP contribution in [0.3, 0.4) is 0 Å². The second-order valence-electron chi connectivity index (χ2n) is 5.98. The van der Waals surface area contributed by atoms with Gasteiger partial charge in [0.05, 0.1) is 5.39 Å². The minimum absolute atomic E-state index is 0.660. The fourth-order valence-corrected chi connectivity index (χ4v) is 3.27. The highest BCUT2D eigenvalue weighted by atomic mass is 15.3. The number of imidazole rings is 1. The molecule has 0 amide bonds. The monoisotopic (exact) mass is 296 g/mol. The van der Waals surface area contributed by atoms with Gasteiger partial charge in [0.2, 0.25) is 0 Å². The van der Waals surface area contributed by atoms with E-state index in [2.05, 4.69) is 43.6 Å². The van der Waals surface area contributed by atoms with E-state index in [1.54, 1.807) is 6.33 Å². The maximum atomic E-state index is 4.49. The van der Waals surface area contributed by atoms with Crippen LogP contribution in [0.2, 0.25) is 0 Å². The van der Waals surface area contributed by atoms with Gasteiger partial charge in [-0.25, -0.2) is 15.0 Å². The summed E-state index contributed by atoms with van der Waals surface area (Å²) in [4.78, 5) is 15.6. The fraction of sp³-hybridized carbons (Fsp3) is 0.438. The summed E-state index contributed by atoms with van der Waals surface area (Å²) in [6.45, 7) is 5.28. The molecule has 0 atom stereocenters. The summed E-state index contributed by atoms with van der Waals surface area (Å²) < 4.78 is 4.32. The van der Waals surface area contributed by atoms with Gasteiger partial charge in [-0.2, -0.15) is 0 Å². The van der Waals surface area contributed by atoms with Crippen molar-refractivity contribution in [3.8, 4) is 0 Å².